The number of aryl methyl sites for hydroxylation is 1. The third kappa shape index (κ3) is 2.77. The van der Waals surface area contributed by atoms with E-state index in [1.54, 1.807) is 42.1 Å². The van der Waals surface area contributed by atoms with E-state index < -0.39 is 24.7 Å². The van der Waals surface area contributed by atoms with E-state index in [4.69, 9.17) is 5.11 Å². The lowest BCUT2D eigenvalue weighted by Crippen LogP contribution is -2.40. The number of fused-ring (bicyclic) bond motifs is 1. The molecule has 1 unspecified atom stereocenters. The molecule has 7 heteroatoms. The Morgan fingerprint density at radius 1 is 1.40 bits per heavy atom. The predicted octanol–water partition coefficient (Wildman–Crippen LogP) is 1.83. The first-order valence-corrected chi connectivity index (χ1v) is 5.87. The van der Waals surface area contributed by atoms with Gasteiger partial charge in [-0.25, -0.2) is 0 Å². The van der Waals surface area contributed by atoms with Crippen LogP contribution in [0.5, 0.6) is 0 Å². The molecule has 108 valence electrons. The molecule has 0 spiro atoms. The maximum atomic E-state index is 12.2. The van der Waals surface area contributed by atoms with Crippen LogP contribution in [0.2, 0.25) is 0 Å². The molecule has 0 aliphatic heterocycles. The number of nitrogens with zero attached hydrogens (tertiary/aromatic N) is 1. The third-order valence-electron chi connectivity index (χ3n) is 2.98. The van der Waals surface area contributed by atoms with Gasteiger partial charge in [0.05, 0.1) is 12.1 Å². The molecule has 2 aromatic rings. The Labute approximate surface area is 112 Å². The van der Waals surface area contributed by atoms with Crippen molar-refractivity contribution < 1.29 is 23.1 Å². The minimum absolute atomic E-state index is 0.275. The average Bonchev–Trinajstić information content (AvgIpc) is 2.72. The highest BCUT2D eigenvalue weighted by molar-refractivity contribution is 6.06. The molecule has 1 aromatic heterocycles. The molecule has 2 rings (SSSR count). The molecule has 0 radical (unpaired) electrons. The fourth-order valence-electron chi connectivity index (χ4n) is 1.92. The zero-order chi connectivity index (χ0) is 14.9. The number of halogens is 3. The standard InChI is InChI=1S/C13H13F3N2O2/c1-18-7-9(8-4-2-3-5-10(8)18)12(20)17-6-11(19)13(14,15)16/h2-5,7,11,19H,6H2,1H3,(H,17,20). The van der Waals surface area contributed by atoms with Crippen LogP contribution in [0.1, 0.15) is 10.4 Å². The monoisotopic (exact) mass is 286 g/mol. The zero-order valence-corrected chi connectivity index (χ0v) is 10.6. The van der Waals surface area contributed by atoms with E-state index in [-0.39, 0.29) is 5.56 Å². The summed E-state index contributed by atoms with van der Waals surface area (Å²) in [5.41, 5.74) is 1.08. The van der Waals surface area contributed by atoms with Crippen LogP contribution in [0.4, 0.5) is 13.2 Å². The van der Waals surface area contributed by atoms with Gasteiger partial charge in [0.25, 0.3) is 5.91 Å². The molecule has 1 aromatic carbocycles. The SMILES string of the molecule is Cn1cc(C(=O)NCC(O)C(F)(F)F)c2ccccc21. The van der Waals surface area contributed by atoms with E-state index in [1.165, 1.54) is 0 Å². The molecule has 20 heavy (non-hydrogen) atoms. The van der Waals surface area contributed by atoms with Gasteiger partial charge in [-0.1, -0.05) is 18.2 Å². The first-order chi connectivity index (χ1) is 9.30. The maximum absolute atomic E-state index is 12.2. The fourth-order valence-corrected chi connectivity index (χ4v) is 1.92. The van der Waals surface area contributed by atoms with Gasteiger partial charge in [0.2, 0.25) is 0 Å². The largest absolute Gasteiger partial charge is 0.416 e. The average molecular weight is 286 g/mol. The second-order valence-corrected chi connectivity index (χ2v) is 4.44. The number of carbonyl (C=O) groups excluding carboxylic acids is 1. The summed E-state index contributed by atoms with van der Waals surface area (Å²) >= 11 is 0. The molecule has 4 nitrogen and oxygen atoms in total. The number of aromatic nitrogens is 1. The summed E-state index contributed by atoms with van der Waals surface area (Å²) in [6, 6.07) is 7.06. The lowest BCUT2D eigenvalue weighted by Gasteiger charge is -2.14. The van der Waals surface area contributed by atoms with Crippen LogP contribution in [0.3, 0.4) is 0 Å². The second-order valence-electron chi connectivity index (χ2n) is 4.44. The quantitative estimate of drug-likeness (QED) is 0.904. The lowest BCUT2D eigenvalue weighted by molar-refractivity contribution is -0.201. The number of hydrogen-bond donors (Lipinski definition) is 2. The van der Waals surface area contributed by atoms with Crippen LogP contribution in [0.25, 0.3) is 10.9 Å². The van der Waals surface area contributed by atoms with Crippen molar-refractivity contribution in [3.63, 3.8) is 0 Å². The van der Waals surface area contributed by atoms with Gasteiger partial charge in [0.15, 0.2) is 6.10 Å². The normalized spacial score (nSPS) is 13.4. The van der Waals surface area contributed by atoms with Crippen molar-refractivity contribution in [2.75, 3.05) is 6.54 Å². The van der Waals surface area contributed by atoms with Gasteiger partial charge in [-0.2, -0.15) is 13.2 Å². The molecule has 1 heterocycles. The zero-order valence-electron chi connectivity index (χ0n) is 10.6. The van der Waals surface area contributed by atoms with Gasteiger partial charge in [-0.3, -0.25) is 4.79 Å². The number of aliphatic hydroxyl groups is 1. The summed E-state index contributed by atoms with van der Waals surface area (Å²) in [4.78, 5) is 11.9. The van der Waals surface area contributed by atoms with Crippen molar-refractivity contribution in [3.8, 4) is 0 Å². The number of carbonyl (C=O) groups is 1. The van der Waals surface area contributed by atoms with E-state index in [2.05, 4.69) is 5.32 Å². The Hall–Kier alpha value is -2.02. The number of amides is 1. The molecule has 0 saturated carbocycles. The molecular weight excluding hydrogens is 273 g/mol. The number of hydrogen-bond acceptors (Lipinski definition) is 2. The topological polar surface area (TPSA) is 54.3 Å². The molecule has 1 amide bonds. The highest BCUT2D eigenvalue weighted by Crippen LogP contribution is 2.21. The number of rotatable bonds is 3. The van der Waals surface area contributed by atoms with Gasteiger partial charge in [0, 0.05) is 24.1 Å². The number of alkyl halides is 3. The van der Waals surface area contributed by atoms with Crippen molar-refractivity contribution in [3.05, 3.63) is 36.0 Å². The number of para-hydroxylation sites is 1. The molecular formula is C13H13F3N2O2. The molecule has 0 bridgehead atoms. The van der Waals surface area contributed by atoms with Crippen LogP contribution in [-0.2, 0) is 7.05 Å². The third-order valence-corrected chi connectivity index (χ3v) is 2.98. The molecule has 0 aliphatic rings. The van der Waals surface area contributed by atoms with Crippen molar-refractivity contribution in [2.45, 2.75) is 12.3 Å². The molecule has 1 atom stereocenters. The van der Waals surface area contributed by atoms with Gasteiger partial charge in [0.1, 0.15) is 0 Å². The summed E-state index contributed by atoms with van der Waals surface area (Å²) in [5, 5.41) is 11.6. The van der Waals surface area contributed by atoms with Crippen molar-refractivity contribution in [1.29, 1.82) is 0 Å². The Morgan fingerprint density at radius 3 is 2.70 bits per heavy atom. The molecule has 0 saturated heterocycles. The van der Waals surface area contributed by atoms with E-state index in [0.717, 1.165) is 5.52 Å². The van der Waals surface area contributed by atoms with Crippen LogP contribution >= 0.6 is 0 Å². The maximum Gasteiger partial charge on any atom is 0.416 e. The first kappa shape index (κ1) is 14.4. The van der Waals surface area contributed by atoms with Gasteiger partial charge in [-0.15, -0.1) is 0 Å². The second kappa shape index (κ2) is 5.16. The number of nitrogens with one attached hydrogen (secondary N) is 1. The van der Waals surface area contributed by atoms with Crippen molar-refractivity contribution in [2.24, 2.45) is 7.05 Å². The van der Waals surface area contributed by atoms with Crippen LogP contribution < -0.4 is 5.32 Å². The van der Waals surface area contributed by atoms with E-state index in [1.807, 2.05) is 0 Å². The summed E-state index contributed by atoms with van der Waals surface area (Å²) in [6.45, 7) is -0.869. The first-order valence-electron chi connectivity index (χ1n) is 5.87. The van der Waals surface area contributed by atoms with E-state index >= 15 is 0 Å². The van der Waals surface area contributed by atoms with Gasteiger partial charge in [-0.05, 0) is 6.07 Å². The van der Waals surface area contributed by atoms with Crippen LogP contribution in [0.15, 0.2) is 30.5 Å². The molecule has 2 N–H and O–H groups in total. The molecule has 0 aliphatic carbocycles. The Kier molecular flexibility index (Phi) is 3.71. The summed E-state index contributed by atoms with van der Waals surface area (Å²) in [6.07, 6.45) is -5.77. The van der Waals surface area contributed by atoms with Crippen molar-refractivity contribution >= 4 is 16.8 Å². The highest BCUT2D eigenvalue weighted by Gasteiger charge is 2.38. The van der Waals surface area contributed by atoms with Crippen molar-refractivity contribution in [1.82, 2.24) is 9.88 Å². The molecule has 0 fully saturated rings. The minimum atomic E-state index is -4.74. The fraction of sp³-hybridized carbons (Fsp3) is 0.308. The van der Waals surface area contributed by atoms with Gasteiger partial charge >= 0.3 is 6.18 Å². The Balaban J connectivity index is 2.16. The van der Waals surface area contributed by atoms with Crippen LogP contribution in [0, 0.1) is 0 Å². The number of benzene rings is 1. The lowest BCUT2D eigenvalue weighted by atomic mass is 10.1. The summed E-state index contributed by atoms with van der Waals surface area (Å²) in [7, 11) is 1.74. The predicted molar refractivity (Wildman–Crippen MR) is 67.3 cm³/mol. The minimum Gasteiger partial charge on any atom is -0.382 e. The van der Waals surface area contributed by atoms with Gasteiger partial charge < -0.3 is 15.0 Å². The van der Waals surface area contributed by atoms with Crippen LogP contribution in [-0.4, -0.2) is 34.4 Å². The van der Waals surface area contributed by atoms with E-state index in [9.17, 15) is 18.0 Å². The summed E-state index contributed by atoms with van der Waals surface area (Å²) < 4.78 is 38.2. The highest BCUT2D eigenvalue weighted by atomic mass is 19.4. The van der Waals surface area contributed by atoms with E-state index in [0.29, 0.717) is 5.39 Å². The Bertz CT molecular complexity index is 634. The summed E-state index contributed by atoms with van der Waals surface area (Å²) in [5.74, 6) is -0.648. The number of aliphatic hydroxyl groups excluding tert-OH is 1. The Morgan fingerprint density at radius 2 is 2.05 bits per heavy atom. The smallest absolute Gasteiger partial charge is 0.382 e.